The highest BCUT2D eigenvalue weighted by atomic mass is 32.2. The van der Waals surface area contributed by atoms with Crippen LogP contribution in [0.1, 0.15) is 38.7 Å². The van der Waals surface area contributed by atoms with Gasteiger partial charge in [0, 0.05) is 18.5 Å². The minimum absolute atomic E-state index is 0.0227. The largest absolute Gasteiger partial charge is 0.352 e. The van der Waals surface area contributed by atoms with Gasteiger partial charge in [0.1, 0.15) is 0 Å². The summed E-state index contributed by atoms with van der Waals surface area (Å²) in [7, 11) is -3.51. The Balaban J connectivity index is 2.00. The molecular formula is C17H24N2O3S. The highest BCUT2D eigenvalue weighted by molar-refractivity contribution is 7.89. The zero-order valence-electron chi connectivity index (χ0n) is 13.6. The molecule has 1 aliphatic carbocycles. The molecule has 1 aromatic rings. The lowest BCUT2D eigenvalue weighted by Crippen LogP contribution is -2.31. The number of hydrogen-bond acceptors (Lipinski definition) is 3. The molecule has 0 heterocycles. The van der Waals surface area contributed by atoms with Gasteiger partial charge in [-0.1, -0.05) is 24.3 Å². The van der Waals surface area contributed by atoms with E-state index in [4.69, 9.17) is 0 Å². The fraction of sp³-hybridized carbons (Fsp3) is 0.471. The topological polar surface area (TPSA) is 75.3 Å². The molecule has 0 fully saturated rings. The maximum absolute atomic E-state index is 12.2. The minimum atomic E-state index is -3.51. The van der Waals surface area contributed by atoms with Crippen molar-refractivity contribution in [1.29, 1.82) is 0 Å². The van der Waals surface area contributed by atoms with Crippen molar-refractivity contribution in [2.24, 2.45) is 5.92 Å². The number of benzene rings is 1. The van der Waals surface area contributed by atoms with Crippen LogP contribution in [0.25, 0.3) is 0 Å². The Hall–Kier alpha value is -1.66. The van der Waals surface area contributed by atoms with Gasteiger partial charge in [0.05, 0.1) is 4.90 Å². The first-order chi connectivity index (χ1) is 10.9. The highest BCUT2D eigenvalue weighted by Gasteiger charge is 2.19. The number of sulfonamides is 1. The van der Waals surface area contributed by atoms with Crippen molar-refractivity contribution in [3.05, 3.63) is 42.0 Å². The molecule has 2 N–H and O–H groups in total. The maximum atomic E-state index is 12.2. The monoisotopic (exact) mass is 336 g/mol. The molecule has 0 spiro atoms. The molecule has 126 valence electrons. The summed E-state index contributed by atoms with van der Waals surface area (Å²) in [6.45, 7) is 3.89. The average Bonchev–Trinajstić information content (AvgIpc) is 2.52. The van der Waals surface area contributed by atoms with Crippen molar-refractivity contribution in [3.8, 4) is 0 Å². The summed E-state index contributed by atoms with van der Waals surface area (Å²) in [6.07, 6.45) is 6.72. The molecular weight excluding hydrogens is 312 g/mol. The van der Waals surface area contributed by atoms with Crippen LogP contribution in [-0.4, -0.2) is 20.4 Å². The number of carbonyl (C=O) groups is 1. The second kappa shape index (κ2) is 7.75. The van der Waals surface area contributed by atoms with Crippen LogP contribution >= 0.6 is 0 Å². The third kappa shape index (κ3) is 5.18. The molecule has 5 nitrogen and oxygen atoms in total. The Kier molecular flexibility index (Phi) is 5.96. The summed E-state index contributed by atoms with van der Waals surface area (Å²) >= 11 is 0. The predicted molar refractivity (Wildman–Crippen MR) is 90.2 cm³/mol. The van der Waals surface area contributed by atoms with Gasteiger partial charge in [-0.15, -0.1) is 0 Å². The van der Waals surface area contributed by atoms with E-state index in [9.17, 15) is 13.2 Å². The van der Waals surface area contributed by atoms with Crippen molar-refractivity contribution in [3.63, 3.8) is 0 Å². The summed E-state index contributed by atoms with van der Waals surface area (Å²) < 4.78 is 26.9. The Morgan fingerprint density at radius 3 is 2.74 bits per heavy atom. The van der Waals surface area contributed by atoms with E-state index in [-0.39, 0.29) is 22.8 Å². The van der Waals surface area contributed by atoms with Crippen LogP contribution in [0, 0.1) is 5.92 Å². The standard InChI is InChI=1S/C17H24N2O3S/c1-13(2)19-23(21,22)16-10-6-7-14(11-16)12-18-17(20)15-8-4-3-5-9-15/h3-4,6-7,10-11,13,15,19H,5,8-9,12H2,1-2H3,(H,18,20)/t15-/m0/s1. The molecule has 2 rings (SSSR count). The fourth-order valence-corrected chi connectivity index (χ4v) is 3.89. The van der Waals surface area contributed by atoms with Gasteiger partial charge in [-0.3, -0.25) is 4.79 Å². The molecule has 0 radical (unpaired) electrons. The lowest BCUT2D eigenvalue weighted by atomic mass is 9.93. The smallest absolute Gasteiger partial charge is 0.240 e. The van der Waals surface area contributed by atoms with Crippen LogP contribution in [0.3, 0.4) is 0 Å². The first-order valence-corrected chi connectivity index (χ1v) is 9.41. The third-order valence-corrected chi connectivity index (χ3v) is 5.36. The Bertz CT molecular complexity index is 681. The van der Waals surface area contributed by atoms with Gasteiger partial charge in [-0.2, -0.15) is 0 Å². The quantitative estimate of drug-likeness (QED) is 0.783. The minimum Gasteiger partial charge on any atom is -0.352 e. The van der Waals surface area contributed by atoms with E-state index in [2.05, 4.69) is 16.1 Å². The zero-order valence-corrected chi connectivity index (χ0v) is 14.4. The fourth-order valence-electron chi connectivity index (χ4n) is 2.57. The van der Waals surface area contributed by atoms with E-state index in [1.54, 1.807) is 32.0 Å². The Morgan fingerprint density at radius 1 is 1.30 bits per heavy atom. The average molecular weight is 336 g/mol. The zero-order chi connectivity index (χ0) is 16.9. The van der Waals surface area contributed by atoms with E-state index in [1.165, 1.54) is 0 Å². The number of hydrogen-bond donors (Lipinski definition) is 2. The van der Waals surface area contributed by atoms with Gasteiger partial charge < -0.3 is 5.32 Å². The van der Waals surface area contributed by atoms with E-state index in [1.807, 2.05) is 12.1 Å². The first-order valence-electron chi connectivity index (χ1n) is 7.92. The van der Waals surface area contributed by atoms with E-state index < -0.39 is 10.0 Å². The van der Waals surface area contributed by atoms with Gasteiger partial charge in [0.2, 0.25) is 15.9 Å². The van der Waals surface area contributed by atoms with Gasteiger partial charge >= 0.3 is 0 Å². The van der Waals surface area contributed by atoms with Gasteiger partial charge in [-0.25, -0.2) is 13.1 Å². The lowest BCUT2D eigenvalue weighted by Gasteiger charge is -2.17. The van der Waals surface area contributed by atoms with Gasteiger partial charge in [0.25, 0.3) is 0 Å². The van der Waals surface area contributed by atoms with E-state index in [0.29, 0.717) is 6.54 Å². The second-order valence-corrected chi connectivity index (χ2v) is 7.84. The molecule has 0 bridgehead atoms. The SMILES string of the molecule is CC(C)NS(=O)(=O)c1cccc(CNC(=O)[C@H]2CC=CCC2)c1. The van der Waals surface area contributed by atoms with Crippen molar-refractivity contribution in [1.82, 2.24) is 10.0 Å². The third-order valence-electron chi connectivity index (χ3n) is 3.71. The molecule has 0 saturated carbocycles. The van der Waals surface area contributed by atoms with E-state index in [0.717, 1.165) is 24.8 Å². The van der Waals surface area contributed by atoms with Crippen molar-refractivity contribution < 1.29 is 13.2 Å². The molecule has 1 aliphatic rings. The summed E-state index contributed by atoms with van der Waals surface area (Å²) in [5.41, 5.74) is 0.774. The number of carbonyl (C=O) groups excluding carboxylic acids is 1. The van der Waals surface area contributed by atoms with Crippen LogP contribution in [0.5, 0.6) is 0 Å². The Morgan fingerprint density at radius 2 is 2.09 bits per heavy atom. The van der Waals surface area contributed by atoms with Crippen molar-refractivity contribution in [2.75, 3.05) is 0 Å². The molecule has 0 unspecified atom stereocenters. The summed E-state index contributed by atoms with van der Waals surface area (Å²) in [6, 6.07) is 6.51. The first kappa shape index (κ1) is 17.7. The van der Waals surface area contributed by atoms with E-state index >= 15 is 0 Å². The molecule has 0 saturated heterocycles. The molecule has 0 aliphatic heterocycles. The molecule has 1 amide bonds. The summed E-state index contributed by atoms with van der Waals surface area (Å²) in [5.74, 6) is 0.0532. The molecule has 23 heavy (non-hydrogen) atoms. The predicted octanol–water partition coefficient (Wildman–Crippen LogP) is 2.35. The summed E-state index contributed by atoms with van der Waals surface area (Å²) in [5, 5.41) is 2.90. The van der Waals surface area contributed by atoms with Crippen molar-refractivity contribution >= 4 is 15.9 Å². The number of rotatable bonds is 6. The number of nitrogens with one attached hydrogen (secondary N) is 2. The van der Waals surface area contributed by atoms with Crippen LogP contribution < -0.4 is 10.0 Å². The second-order valence-electron chi connectivity index (χ2n) is 6.12. The van der Waals surface area contributed by atoms with Gasteiger partial charge in [-0.05, 0) is 50.8 Å². The Labute approximate surface area is 138 Å². The van der Waals surface area contributed by atoms with Crippen LogP contribution in [-0.2, 0) is 21.4 Å². The normalized spacial score (nSPS) is 18.1. The van der Waals surface area contributed by atoms with Crippen LogP contribution in [0.2, 0.25) is 0 Å². The number of amides is 1. The molecule has 6 heteroatoms. The van der Waals surface area contributed by atoms with Gasteiger partial charge in [0.15, 0.2) is 0 Å². The lowest BCUT2D eigenvalue weighted by molar-refractivity contribution is -0.125. The summed E-state index contributed by atoms with van der Waals surface area (Å²) in [4.78, 5) is 12.3. The maximum Gasteiger partial charge on any atom is 0.240 e. The van der Waals surface area contributed by atoms with Crippen molar-refractivity contribution in [2.45, 2.75) is 50.6 Å². The molecule has 1 aromatic carbocycles. The molecule has 0 aromatic heterocycles. The van der Waals surface area contributed by atoms with Crippen LogP contribution in [0.15, 0.2) is 41.3 Å². The van der Waals surface area contributed by atoms with Crippen LogP contribution in [0.4, 0.5) is 0 Å². The number of allylic oxidation sites excluding steroid dienone is 2. The highest BCUT2D eigenvalue weighted by Crippen LogP contribution is 2.18. The molecule has 1 atom stereocenters.